The van der Waals surface area contributed by atoms with Gasteiger partial charge in [0.2, 0.25) is 41.4 Å². The van der Waals surface area contributed by atoms with Gasteiger partial charge in [0.05, 0.1) is 0 Å². The Bertz CT molecular complexity index is 2540. The van der Waals surface area contributed by atoms with E-state index in [0.29, 0.717) is 16.5 Å². The third-order valence-corrected chi connectivity index (χ3v) is 11.5. The Morgan fingerprint density at radius 2 is 1.43 bits per heavy atom. The standard InChI is InChI=1S/C48H68N16O10/c1-27(65)58-32(14-8-22-55-47(50)51)40(67)59-33-15-7-21-54-39(66)18-17-36(46(73)74)62-45(72)38(25-29-26-57-31-13-6-5-12-30(29)31)64-42(69)34(16-9-23-56-48(52)53)60-44(71)37(24-28-10-3-2-4-11-28)63-43(70)35(19-20-49)61-41(33)68/h2-6,10-13,24,26,32-36,38,57H,7-9,14-23,25,49H2,1H3,(H,54,66)(H,58,65)(H,59,67)(H,60,71)(H,61,68)(H,62,72)(H,63,70)(H,64,69)(H,73,74)(H4,50,51,55)(H4,52,53,56). The van der Waals surface area contributed by atoms with Crippen LogP contribution >= 0.6 is 0 Å². The number of carbonyl (C=O) groups is 9. The van der Waals surface area contributed by atoms with E-state index in [-0.39, 0.29) is 108 Å². The molecule has 20 N–H and O–H groups in total. The van der Waals surface area contributed by atoms with Crippen LogP contribution < -0.4 is 71.2 Å². The summed E-state index contributed by atoms with van der Waals surface area (Å²) in [6.07, 6.45) is 2.14. The highest BCUT2D eigenvalue weighted by Gasteiger charge is 2.33. The Morgan fingerprint density at radius 1 is 0.784 bits per heavy atom. The molecule has 6 atom stereocenters. The van der Waals surface area contributed by atoms with Crippen LogP contribution in [0.25, 0.3) is 17.0 Å². The lowest BCUT2D eigenvalue weighted by Crippen LogP contribution is -2.58. The molecule has 0 bridgehead atoms. The SMILES string of the molecule is CC(=O)NC(CCCN=C(N)N)C(=O)NC1CCCNC(=O)CCC(C(=O)O)NC(=O)C(Cc2c[nH]c3ccccc23)NC(=O)C(CCCN=C(N)N)NC(=O)C(=Cc2ccccc2)NC(=O)C(CCN)NC1=O. The molecule has 400 valence electrons. The van der Waals surface area contributed by atoms with Gasteiger partial charge in [-0.3, -0.25) is 48.3 Å². The van der Waals surface area contributed by atoms with Crippen LogP contribution in [-0.4, -0.2) is 138 Å². The second-order valence-electron chi connectivity index (χ2n) is 17.4. The molecule has 0 saturated carbocycles. The van der Waals surface area contributed by atoms with Gasteiger partial charge in [0.15, 0.2) is 11.9 Å². The maximum Gasteiger partial charge on any atom is 0.326 e. The fourth-order valence-corrected chi connectivity index (χ4v) is 7.80. The molecule has 26 nitrogen and oxygen atoms in total. The second-order valence-corrected chi connectivity index (χ2v) is 17.4. The van der Waals surface area contributed by atoms with Crippen molar-refractivity contribution in [1.29, 1.82) is 0 Å². The second kappa shape index (κ2) is 29.7. The minimum absolute atomic E-state index is 0.0216. The number of hydrogen-bond donors (Lipinski definition) is 15. The Kier molecular flexibility index (Phi) is 23.3. The number of carboxylic acid groups (broad SMARTS) is 1. The summed E-state index contributed by atoms with van der Waals surface area (Å²) in [5.74, 6) is -8.34. The first-order valence-electron chi connectivity index (χ1n) is 24.1. The maximum absolute atomic E-state index is 14.5. The van der Waals surface area contributed by atoms with Crippen LogP contribution in [0.2, 0.25) is 0 Å². The summed E-state index contributed by atoms with van der Waals surface area (Å²) in [6, 6.07) is 7.08. The smallest absolute Gasteiger partial charge is 0.326 e. The lowest BCUT2D eigenvalue weighted by atomic mass is 10.0. The summed E-state index contributed by atoms with van der Waals surface area (Å²) in [6.45, 7) is 1.14. The first kappa shape index (κ1) is 58.0. The van der Waals surface area contributed by atoms with Crippen molar-refractivity contribution in [2.75, 3.05) is 26.2 Å². The van der Waals surface area contributed by atoms with E-state index in [1.165, 1.54) is 13.0 Å². The molecule has 1 saturated heterocycles. The van der Waals surface area contributed by atoms with Gasteiger partial charge in [-0.05, 0) is 81.2 Å². The average molecular weight is 1030 g/mol. The number of para-hydroxylation sites is 1. The molecule has 6 unspecified atom stereocenters. The van der Waals surface area contributed by atoms with Gasteiger partial charge in [0.25, 0.3) is 5.91 Å². The number of hydrogen-bond acceptors (Lipinski definition) is 12. The van der Waals surface area contributed by atoms with Gasteiger partial charge >= 0.3 is 5.97 Å². The zero-order valence-corrected chi connectivity index (χ0v) is 41.1. The zero-order chi connectivity index (χ0) is 54.2. The average Bonchev–Trinajstić information content (AvgIpc) is 3.76. The number of benzene rings is 2. The number of amides is 8. The number of aliphatic imine (C=N–C) groups is 2. The molecule has 0 radical (unpaired) electrons. The van der Waals surface area contributed by atoms with Crippen molar-refractivity contribution in [3.8, 4) is 0 Å². The topological polar surface area (TPSA) is 441 Å². The fraction of sp³-hybridized carbons (Fsp3) is 0.438. The van der Waals surface area contributed by atoms with Crippen LogP contribution in [0.5, 0.6) is 0 Å². The van der Waals surface area contributed by atoms with Crippen molar-refractivity contribution in [2.45, 2.75) is 107 Å². The number of aromatic nitrogens is 1. The first-order chi connectivity index (χ1) is 35.3. The highest BCUT2D eigenvalue weighted by Crippen LogP contribution is 2.20. The van der Waals surface area contributed by atoms with Crippen molar-refractivity contribution in [1.82, 2.24) is 47.5 Å². The van der Waals surface area contributed by atoms with Gasteiger partial charge < -0.3 is 81.3 Å². The molecule has 74 heavy (non-hydrogen) atoms. The third-order valence-electron chi connectivity index (χ3n) is 11.5. The molecule has 8 amide bonds. The van der Waals surface area contributed by atoms with Gasteiger partial charge in [-0.2, -0.15) is 0 Å². The van der Waals surface area contributed by atoms with Crippen molar-refractivity contribution in [3.05, 3.63) is 77.6 Å². The number of aliphatic carboxylic acids is 1. The normalized spacial score (nSPS) is 20.8. The van der Waals surface area contributed by atoms with E-state index in [1.807, 2.05) is 0 Å². The molecule has 1 aromatic heterocycles. The predicted octanol–water partition coefficient (Wildman–Crippen LogP) is -2.97. The summed E-state index contributed by atoms with van der Waals surface area (Å²) >= 11 is 0. The highest BCUT2D eigenvalue weighted by molar-refractivity contribution is 6.05. The number of H-pyrrole nitrogens is 1. The third kappa shape index (κ3) is 19.6. The summed E-state index contributed by atoms with van der Waals surface area (Å²) in [5.41, 5.74) is 29.2. The Hall–Kier alpha value is -8.55. The van der Waals surface area contributed by atoms with Gasteiger partial charge in [-0.1, -0.05) is 48.5 Å². The van der Waals surface area contributed by atoms with Crippen LogP contribution in [-0.2, 0) is 49.6 Å². The summed E-state index contributed by atoms with van der Waals surface area (Å²) in [7, 11) is 0. The largest absolute Gasteiger partial charge is 0.480 e. The van der Waals surface area contributed by atoms with Gasteiger partial charge in [-0.15, -0.1) is 0 Å². The Morgan fingerprint density at radius 3 is 2.11 bits per heavy atom. The van der Waals surface area contributed by atoms with E-state index in [0.717, 1.165) is 5.52 Å². The summed E-state index contributed by atoms with van der Waals surface area (Å²) in [4.78, 5) is 134. The van der Waals surface area contributed by atoms with Crippen LogP contribution in [0.1, 0.15) is 75.8 Å². The molecule has 1 aliphatic rings. The van der Waals surface area contributed by atoms with Crippen LogP contribution in [0.15, 0.2) is 76.5 Å². The van der Waals surface area contributed by atoms with E-state index in [2.05, 4.69) is 57.5 Å². The molecule has 1 aliphatic heterocycles. The zero-order valence-electron chi connectivity index (χ0n) is 41.1. The van der Waals surface area contributed by atoms with Crippen LogP contribution in [0.4, 0.5) is 0 Å². The van der Waals surface area contributed by atoms with Crippen LogP contribution in [0.3, 0.4) is 0 Å². The van der Waals surface area contributed by atoms with Gasteiger partial charge in [0.1, 0.15) is 41.9 Å². The van der Waals surface area contributed by atoms with Crippen molar-refractivity contribution >= 4 is 82.1 Å². The summed E-state index contributed by atoms with van der Waals surface area (Å²) < 4.78 is 0. The monoisotopic (exact) mass is 1030 g/mol. The van der Waals surface area contributed by atoms with E-state index in [9.17, 15) is 48.3 Å². The number of carbonyl (C=O) groups excluding carboxylic acids is 8. The number of rotatable bonds is 17. The number of aromatic amines is 1. The van der Waals surface area contributed by atoms with E-state index < -0.39 is 89.5 Å². The maximum atomic E-state index is 14.5. The van der Waals surface area contributed by atoms with Crippen molar-refractivity contribution < 1.29 is 48.3 Å². The molecule has 4 rings (SSSR count). The molecule has 2 heterocycles. The molecular weight excluding hydrogens is 961 g/mol. The van der Waals surface area contributed by atoms with E-state index in [1.54, 1.807) is 60.8 Å². The quantitative estimate of drug-likeness (QED) is 0.0278. The predicted molar refractivity (Wildman–Crippen MR) is 274 cm³/mol. The molecule has 2 aromatic carbocycles. The minimum atomic E-state index is -1.61. The molecule has 26 heteroatoms. The lowest BCUT2D eigenvalue weighted by molar-refractivity contribution is -0.142. The fourth-order valence-electron chi connectivity index (χ4n) is 7.80. The van der Waals surface area contributed by atoms with Gasteiger partial charge in [-0.25, -0.2) is 4.79 Å². The van der Waals surface area contributed by atoms with Crippen molar-refractivity contribution in [3.63, 3.8) is 0 Å². The molecule has 0 spiro atoms. The number of fused-ring (bicyclic) bond motifs is 1. The number of nitrogens with one attached hydrogen (secondary N) is 9. The molecule has 1 fully saturated rings. The first-order valence-corrected chi connectivity index (χ1v) is 24.1. The Balaban J connectivity index is 1.77. The number of nitrogens with zero attached hydrogens (tertiary/aromatic N) is 2. The van der Waals surface area contributed by atoms with Crippen molar-refractivity contribution in [2.24, 2.45) is 38.7 Å². The lowest BCUT2D eigenvalue weighted by Gasteiger charge is -2.26. The number of nitrogens with two attached hydrogens (primary N) is 5. The molecular formula is C48H68N16O10. The van der Waals surface area contributed by atoms with E-state index >= 15 is 0 Å². The highest BCUT2D eigenvalue weighted by atomic mass is 16.4. The van der Waals surface area contributed by atoms with Gasteiger partial charge in [0, 0.05) is 56.5 Å². The number of carboxylic acids is 1. The minimum Gasteiger partial charge on any atom is -0.480 e. The number of guanidine groups is 2. The molecule has 0 aliphatic carbocycles. The molecule has 3 aromatic rings. The summed E-state index contributed by atoms with van der Waals surface area (Å²) in [5, 5.41) is 31.7. The van der Waals surface area contributed by atoms with E-state index in [4.69, 9.17) is 28.7 Å². The van der Waals surface area contributed by atoms with Crippen LogP contribution in [0, 0.1) is 0 Å². The Labute approximate surface area is 426 Å².